The Morgan fingerprint density at radius 1 is 1.33 bits per heavy atom. The molecule has 0 aliphatic heterocycles. The van der Waals surface area contributed by atoms with Gasteiger partial charge in [-0.25, -0.2) is 4.98 Å². The van der Waals surface area contributed by atoms with Gasteiger partial charge in [-0.2, -0.15) is 0 Å². The van der Waals surface area contributed by atoms with Gasteiger partial charge in [0, 0.05) is 17.7 Å². The van der Waals surface area contributed by atoms with Gasteiger partial charge in [-0.05, 0) is 34.1 Å². The lowest BCUT2D eigenvalue weighted by molar-refractivity contribution is 0.102. The molecular weight excluding hydrogens is 296 g/mol. The zero-order valence-corrected chi connectivity index (χ0v) is 11.2. The number of pyridine rings is 2. The first kappa shape index (κ1) is 12.5. The molecule has 5 nitrogen and oxygen atoms in total. The van der Waals surface area contributed by atoms with Crippen LogP contribution in [0.1, 0.15) is 10.5 Å². The van der Waals surface area contributed by atoms with Gasteiger partial charge in [0.1, 0.15) is 11.5 Å². The predicted octanol–water partition coefficient (Wildman–Crippen LogP) is 2.53. The third kappa shape index (κ3) is 3.04. The van der Waals surface area contributed by atoms with E-state index >= 15 is 0 Å². The fraction of sp³-hybridized carbons (Fsp3) is 0.0833. The van der Waals surface area contributed by atoms with Crippen LogP contribution in [0.15, 0.2) is 41.1 Å². The number of carbonyl (C=O) groups is 1. The van der Waals surface area contributed by atoms with Gasteiger partial charge >= 0.3 is 0 Å². The second-order valence-electron chi connectivity index (χ2n) is 3.50. The van der Waals surface area contributed by atoms with E-state index in [1.54, 1.807) is 43.7 Å². The van der Waals surface area contributed by atoms with Crippen LogP contribution in [0.3, 0.4) is 0 Å². The smallest absolute Gasteiger partial charge is 0.274 e. The van der Waals surface area contributed by atoms with E-state index in [0.717, 1.165) is 4.47 Å². The number of hydrogen-bond donors (Lipinski definition) is 2. The van der Waals surface area contributed by atoms with Crippen LogP contribution in [0.2, 0.25) is 0 Å². The van der Waals surface area contributed by atoms with E-state index in [4.69, 9.17) is 0 Å². The molecule has 0 radical (unpaired) electrons. The summed E-state index contributed by atoms with van der Waals surface area (Å²) in [7, 11) is 1.75. The van der Waals surface area contributed by atoms with Crippen molar-refractivity contribution in [2.45, 2.75) is 0 Å². The summed E-state index contributed by atoms with van der Waals surface area (Å²) < 4.78 is 0.803. The highest BCUT2D eigenvalue weighted by molar-refractivity contribution is 9.10. The zero-order valence-electron chi connectivity index (χ0n) is 9.64. The molecule has 2 aromatic rings. The number of carbonyl (C=O) groups excluding carboxylic acids is 1. The lowest BCUT2D eigenvalue weighted by Crippen LogP contribution is -2.14. The van der Waals surface area contributed by atoms with Gasteiger partial charge < -0.3 is 10.6 Å². The van der Waals surface area contributed by atoms with Crippen molar-refractivity contribution in [1.82, 2.24) is 9.97 Å². The van der Waals surface area contributed by atoms with Gasteiger partial charge in [-0.3, -0.25) is 9.78 Å². The molecule has 0 saturated carbocycles. The van der Waals surface area contributed by atoms with Crippen LogP contribution in [-0.2, 0) is 0 Å². The van der Waals surface area contributed by atoms with E-state index in [2.05, 4.69) is 36.5 Å². The van der Waals surface area contributed by atoms with Gasteiger partial charge in [-0.15, -0.1) is 0 Å². The number of anilines is 2. The first-order chi connectivity index (χ1) is 8.69. The van der Waals surface area contributed by atoms with Gasteiger partial charge in [-0.1, -0.05) is 6.07 Å². The molecule has 2 heterocycles. The van der Waals surface area contributed by atoms with Crippen molar-refractivity contribution in [3.63, 3.8) is 0 Å². The Morgan fingerprint density at radius 3 is 2.89 bits per heavy atom. The minimum Gasteiger partial charge on any atom is -0.373 e. The number of amides is 1. The molecule has 0 bridgehead atoms. The number of hydrogen-bond acceptors (Lipinski definition) is 4. The summed E-state index contributed by atoms with van der Waals surface area (Å²) in [5.74, 6) is 0.377. The topological polar surface area (TPSA) is 66.9 Å². The molecule has 0 fully saturated rings. The van der Waals surface area contributed by atoms with Crippen LogP contribution in [-0.4, -0.2) is 22.9 Å². The quantitative estimate of drug-likeness (QED) is 0.914. The minimum atomic E-state index is -0.271. The van der Waals surface area contributed by atoms with E-state index in [0.29, 0.717) is 17.2 Å². The van der Waals surface area contributed by atoms with Crippen LogP contribution in [0.5, 0.6) is 0 Å². The second-order valence-corrected chi connectivity index (χ2v) is 4.42. The number of nitrogens with one attached hydrogen (secondary N) is 2. The predicted molar refractivity (Wildman–Crippen MR) is 73.7 cm³/mol. The maximum absolute atomic E-state index is 11.9. The Kier molecular flexibility index (Phi) is 3.88. The molecule has 0 aliphatic rings. The Morgan fingerprint density at radius 2 is 2.17 bits per heavy atom. The normalized spacial score (nSPS) is 9.89. The average Bonchev–Trinajstić information content (AvgIpc) is 2.39. The molecule has 1 amide bonds. The van der Waals surface area contributed by atoms with Gasteiger partial charge in [0.2, 0.25) is 0 Å². The van der Waals surface area contributed by atoms with Crippen molar-refractivity contribution < 1.29 is 4.79 Å². The fourth-order valence-corrected chi connectivity index (χ4v) is 1.74. The maximum Gasteiger partial charge on any atom is 0.274 e. The van der Waals surface area contributed by atoms with Crippen molar-refractivity contribution >= 4 is 33.3 Å². The van der Waals surface area contributed by atoms with Crippen LogP contribution >= 0.6 is 15.9 Å². The minimum absolute atomic E-state index is 0.271. The maximum atomic E-state index is 11.9. The molecule has 0 aromatic carbocycles. The Balaban J connectivity index is 2.16. The lowest BCUT2D eigenvalue weighted by Gasteiger charge is -2.06. The van der Waals surface area contributed by atoms with Crippen LogP contribution in [0.25, 0.3) is 0 Å². The van der Waals surface area contributed by atoms with E-state index in [1.807, 2.05) is 0 Å². The molecule has 0 aliphatic carbocycles. The highest BCUT2D eigenvalue weighted by Gasteiger charge is 2.08. The summed E-state index contributed by atoms with van der Waals surface area (Å²) in [6, 6.07) is 6.98. The van der Waals surface area contributed by atoms with E-state index in [-0.39, 0.29) is 5.91 Å². The first-order valence-corrected chi connectivity index (χ1v) is 6.05. The molecule has 92 valence electrons. The van der Waals surface area contributed by atoms with Gasteiger partial charge in [0.05, 0.1) is 11.9 Å². The van der Waals surface area contributed by atoms with Crippen LogP contribution in [0.4, 0.5) is 11.5 Å². The van der Waals surface area contributed by atoms with Gasteiger partial charge in [0.15, 0.2) is 0 Å². The highest BCUT2D eigenvalue weighted by atomic mass is 79.9. The van der Waals surface area contributed by atoms with Crippen molar-refractivity contribution in [3.05, 3.63) is 46.8 Å². The number of aromatic nitrogens is 2. The monoisotopic (exact) mass is 306 g/mol. The second kappa shape index (κ2) is 5.59. The molecule has 0 saturated heterocycles. The first-order valence-electron chi connectivity index (χ1n) is 5.26. The van der Waals surface area contributed by atoms with E-state index < -0.39 is 0 Å². The van der Waals surface area contributed by atoms with Crippen LogP contribution < -0.4 is 10.6 Å². The molecule has 2 rings (SSSR count). The average molecular weight is 307 g/mol. The lowest BCUT2D eigenvalue weighted by atomic mass is 10.3. The third-order valence-electron chi connectivity index (χ3n) is 2.20. The molecular formula is C12H11BrN4O. The molecule has 2 N–H and O–H groups in total. The Hall–Kier alpha value is -1.95. The van der Waals surface area contributed by atoms with E-state index in [1.165, 1.54) is 0 Å². The molecule has 0 spiro atoms. The van der Waals surface area contributed by atoms with Crippen molar-refractivity contribution in [2.75, 3.05) is 17.7 Å². The molecule has 0 unspecified atom stereocenters. The van der Waals surface area contributed by atoms with Crippen molar-refractivity contribution in [2.24, 2.45) is 0 Å². The number of halogens is 1. The van der Waals surface area contributed by atoms with E-state index in [9.17, 15) is 4.79 Å². The summed E-state index contributed by atoms with van der Waals surface area (Å²) in [6.07, 6.45) is 3.22. The summed E-state index contributed by atoms with van der Waals surface area (Å²) in [5, 5.41) is 5.61. The third-order valence-corrected chi connectivity index (χ3v) is 2.63. The summed E-state index contributed by atoms with van der Waals surface area (Å²) in [4.78, 5) is 20.1. The Labute approximate surface area is 113 Å². The largest absolute Gasteiger partial charge is 0.373 e. The van der Waals surface area contributed by atoms with Crippen molar-refractivity contribution in [1.29, 1.82) is 0 Å². The summed E-state index contributed by atoms with van der Waals surface area (Å²) >= 11 is 3.29. The Bertz CT molecular complexity index is 574. The van der Waals surface area contributed by atoms with Crippen molar-refractivity contribution in [3.8, 4) is 0 Å². The summed E-state index contributed by atoms with van der Waals surface area (Å²) in [6.45, 7) is 0. The molecule has 6 heteroatoms. The molecule has 0 atom stereocenters. The zero-order chi connectivity index (χ0) is 13.0. The molecule has 2 aromatic heterocycles. The SMILES string of the molecule is CNc1cccc(C(=O)Nc2cncc(Br)c2)n1. The fourth-order valence-electron chi connectivity index (χ4n) is 1.38. The number of nitrogens with zero attached hydrogens (tertiary/aromatic N) is 2. The van der Waals surface area contributed by atoms with Gasteiger partial charge in [0.25, 0.3) is 5.91 Å². The highest BCUT2D eigenvalue weighted by Crippen LogP contribution is 2.14. The van der Waals surface area contributed by atoms with Crippen LogP contribution in [0, 0.1) is 0 Å². The molecule has 18 heavy (non-hydrogen) atoms. The standard InChI is InChI=1S/C12H11BrN4O/c1-14-11-4-2-3-10(17-11)12(18)16-9-5-8(13)6-15-7-9/h2-7H,1H3,(H,14,17)(H,16,18). The summed E-state index contributed by atoms with van der Waals surface area (Å²) in [5.41, 5.74) is 0.966. The number of rotatable bonds is 3.